The molecule has 3 rings (SSSR count). The zero-order chi connectivity index (χ0) is 19.1. The van der Waals surface area contributed by atoms with Gasteiger partial charge >= 0.3 is 0 Å². The third-order valence-electron chi connectivity index (χ3n) is 4.33. The molecule has 0 aromatic heterocycles. The molecule has 2 aromatic carbocycles. The van der Waals surface area contributed by atoms with Crippen LogP contribution in [0.15, 0.2) is 52.3 Å². The molecule has 0 aliphatic carbocycles. The lowest BCUT2D eigenvalue weighted by Crippen LogP contribution is -2.56. The molecule has 2 aromatic rings. The van der Waals surface area contributed by atoms with Gasteiger partial charge in [0.05, 0.1) is 17.3 Å². The van der Waals surface area contributed by atoms with Crippen LogP contribution >= 0.6 is 0 Å². The number of benzene rings is 2. The average molecular weight is 399 g/mol. The van der Waals surface area contributed by atoms with Crippen molar-refractivity contribution in [3.8, 4) is 5.75 Å². The maximum atomic E-state index is 13.0. The largest absolute Gasteiger partial charge is 0.495 e. The lowest BCUT2D eigenvalue weighted by molar-refractivity contribution is 0.307. The molecule has 26 heavy (non-hydrogen) atoms. The fourth-order valence-corrected chi connectivity index (χ4v) is 6.35. The molecule has 1 aliphatic rings. The Labute approximate surface area is 152 Å². The topological polar surface area (TPSA) is 80.8 Å². The minimum absolute atomic E-state index is 0.0117. The SMILES string of the molecule is COc1ccc(C)cc1S(=O)(=O)N1CC(S(=O)(=O)c2ccc(F)cc2)C1. The summed E-state index contributed by atoms with van der Waals surface area (Å²) in [7, 11) is -6.21. The summed E-state index contributed by atoms with van der Waals surface area (Å²) in [6, 6.07) is 9.30. The molecule has 0 amide bonds. The number of ether oxygens (including phenoxy) is 1. The van der Waals surface area contributed by atoms with Crippen molar-refractivity contribution in [3.63, 3.8) is 0 Å². The van der Waals surface area contributed by atoms with E-state index in [0.717, 1.165) is 22.0 Å². The first-order valence-electron chi connectivity index (χ1n) is 7.80. The first-order chi connectivity index (χ1) is 12.2. The van der Waals surface area contributed by atoms with Crippen LogP contribution < -0.4 is 4.74 Å². The Morgan fingerprint density at radius 3 is 2.23 bits per heavy atom. The van der Waals surface area contributed by atoms with Crippen molar-refractivity contribution in [1.82, 2.24) is 4.31 Å². The van der Waals surface area contributed by atoms with Gasteiger partial charge < -0.3 is 4.74 Å². The van der Waals surface area contributed by atoms with E-state index in [1.807, 2.05) is 0 Å². The van der Waals surface area contributed by atoms with Crippen LogP contribution in [0.25, 0.3) is 0 Å². The van der Waals surface area contributed by atoms with Crippen molar-refractivity contribution in [2.75, 3.05) is 20.2 Å². The van der Waals surface area contributed by atoms with E-state index in [1.54, 1.807) is 19.1 Å². The summed E-state index contributed by atoms with van der Waals surface area (Å²) in [5.74, 6) is -0.325. The van der Waals surface area contributed by atoms with Gasteiger partial charge in [-0.05, 0) is 48.9 Å². The van der Waals surface area contributed by atoms with Crippen LogP contribution in [0.5, 0.6) is 5.75 Å². The van der Waals surface area contributed by atoms with Gasteiger partial charge in [0, 0.05) is 13.1 Å². The Morgan fingerprint density at radius 1 is 1.04 bits per heavy atom. The highest BCUT2D eigenvalue weighted by Gasteiger charge is 2.44. The Morgan fingerprint density at radius 2 is 1.65 bits per heavy atom. The quantitative estimate of drug-likeness (QED) is 0.719. The fraction of sp³-hybridized carbons (Fsp3) is 0.294. The van der Waals surface area contributed by atoms with Crippen molar-refractivity contribution in [2.24, 2.45) is 0 Å². The molecule has 0 unspecified atom stereocenters. The summed E-state index contributed by atoms with van der Waals surface area (Å²) >= 11 is 0. The van der Waals surface area contributed by atoms with Crippen molar-refractivity contribution in [1.29, 1.82) is 0 Å². The smallest absolute Gasteiger partial charge is 0.246 e. The maximum Gasteiger partial charge on any atom is 0.246 e. The first kappa shape index (κ1) is 18.8. The number of hydrogen-bond acceptors (Lipinski definition) is 5. The maximum absolute atomic E-state index is 13.0. The van der Waals surface area contributed by atoms with E-state index < -0.39 is 30.9 Å². The van der Waals surface area contributed by atoms with Crippen LogP contribution in [-0.2, 0) is 19.9 Å². The van der Waals surface area contributed by atoms with Crippen LogP contribution in [0.3, 0.4) is 0 Å². The van der Waals surface area contributed by atoms with Gasteiger partial charge in [0.1, 0.15) is 16.5 Å². The molecule has 6 nitrogen and oxygen atoms in total. The van der Waals surface area contributed by atoms with Gasteiger partial charge in [-0.15, -0.1) is 0 Å². The number of nitrogens with zero attached hydrogens (tertiary/aromatic N) is 1. The third kappa shape index (κ3) is 3.22. The molecule has 1 heterocycles. The van der Waals surface area contributed by atoms with Crippen molar-refractivity contribution in [2.45, 2.75) is 22.0 Å². The zero-order valence-corrected chi connectivity index (χ0v) is 15.8. The predicted molar refractivity (Wildman–Crippen MR) is 93.9 cm³/mol. The summed E-state index contributed by atoms with van der Waals surface area (Å²) in [4.78, 5) is -0.00767. The molecule has 0 spiro atoms. The zero-order valence-electron chi connectivity index (χ0n) is 14.2. The molecule has 9 heteroatoms. The predicted octanol–water partition coefficient (Wildman–Crippen LogP) is 1.99. The number of aryl methyl sites for hydroxylation is 1. The molecule has 1 fully saturated rings. The second-order valence-electron chi connectivity index (χ2n) is 6.10. The average Bonchev–Trinajstić information content (AvgIpc) is 2.53. The first-order valence-corrected chi connectivity index (χ1v) is 10.8. The van der Waals surface area contributed by atoms with Crippen LogP contribution in [0.4, 0.5) is 4.39 Å². The highest BCUT2D eigenvalue weighted by molar-refractivity contribution is 7.92. The van der Waals surface area contributed by atoms with E-state index in [-0.39, 0.29) is 28.6 Å². The molecule has 0 atom stereocenters. The monoisotopic (exact) mass is 399 g/mol. The fourth-order valence-electron chi connectivity index (χ4n) is 2.73. The molecule has 0 N–H and O–H groups in total. The minimum Gasteiger partial charge on any atom is -0.495 e. The Kier molecular flexibility index (Phi) is 4.80. The Hall–Kier alpha value is -1.97. The standard InChI is InChI=1S/C17H18FNO5S2/c1-12-3-8-16(24-2)17(9-12)26(22,23)19-10-15(11-19)25(20,21)14-6-4-13(18)5-7-14/h3-9,15H,10-11H2,1-2H3. The molecule has 0 bridgehead atoms. The molecular formula is C17H18FNO5S2. The molecule has 140 valence electrons. The van der Waals surface area contributed by atoms with Crippen molar-refractivity contribution >= 4 is 19.9 Å². The summed E-state index contributed by atoms with van der Waals surface area (Å²) in [5, 5.41) is -0.862. The number of halogens is 1. The normalized spacial score (nSPS) is 16.3. The van der Waals surface area contributed by atoms with Crippen LogP contribution in [-0.4, -0.2) is 46.6 Å². The van der Waals surface area contributed by atoms with Gasteiger partial charge in [0.2, 0.25) is 10.0 Å². The summed E-state index contributed by atoms with van der Waals surface area (Å²) in [6.45, 7) is 1.45. The summed E-state index contributed by atoms with van der Waals surface area (Å²) in [5.41, 5.74) is 0.750. The summed E-state index contributed by atoms with van der Waals surface area (Å²) < 4.78 is 69.9. The number of rotatable bonds is 5. The van der Waals surface area contributed by atoms with Gasteiger partial charge in [-0.25, -0.2) is 21.2 Å². The van der Waals surface area contributed by atoms with Crippen molar-refractivity contribution < 1.29 is 26.0 Å². The van der Waals surface area contributed by atoms with E-state index in [2.05, 4.69) is 0 Å². The van der Waals surface area contributed by atoms with Crippen LogP contribution in [0, 0.1) is 12.7 Å². The third-order valence-corrected chi connectivity index (χ3v) is 8.29. The molecule has 1 aliphatic heterocycles. The van der Waals surface area contributed by atoms with E-state index in [1.165, 1.54) is 25.3 Å². The molecule has 0 saturated carbocycles. The second kappa shape index (κ2) is 6.64. The lowest BCUT2D eigenvalue weighted by Gasteiger charge is -2.37. The minimum atomic E-state index is -3.87. The van der Waals surface area contributed by atoms with Gasteiger partial charge in [-0.1, -0.05) is 6.07 Å². The van der Waals surface area contributed by atoms with E-state index in [9.17, 15) is 21.2 Å². The lowest BCUT2D eigenvalue weighted by atomic mass is 10.2. The van der Waals surface area contributed by atoms with Gasteiger partial charge in [0.25, 0.3) is 0 Å². The van der Waals surface area contributed by atoms with Crippen LogP contribution in [0.2, 0.25) is 0 Å². The number of methoxy groups -OCH3 is 1. The molecular weight excluding hydrogens is 381 g/mol. The van der Waals surface area contributed by atoms with Gasteiger partial charge in [0.15, 0.2) is 9.84 Å². The van der Waals surface area contributed by atoms with Gasteiger partial charge in [-0.3, -0.25) is 0 Å². The Balaban J connectivity index is 1.83. The van der Waals surface area contributed by atoms with E-state index >= 15 is 0 Å². The number of hydrogen-bond donors (Lipinski definition) is 0. The highest BCUT2D eigenvalue weighted by Crippen LogP contribution is 2.33. The van der Waals surface area contributed by atoms with Crippen molar-refractivity contribution in [3.05, 3.63) is 53.8 Å². The Bertz CT molecular complexity index is 1030. The second-order valence-corrected chi connectivity index (χ2v) is 10.2. The molecule has 0 radical (unpaired) electrons. The number of sulfone groups is 1. The van der Waals surface area contributed by atoms with E-state index in [0.29, 0.717) is 0 Å². The number of sulfonamides is 1. The van der Waals surface area contributed by atoms with E-state index in [4.69, 9.17) is 4.74 Å². The van der Waals surface area contributed by atoms with Crippen LogP contribution in [0.1, 0.15) is 5.56 Å². The summed E-state index contributed by atoms with van der Waals surface area (Å²) in [6.07, 6.45) is 0. The molecule has 1 saturated heterocycles. The van der Waals surface area contributed by atoms with Gasteiger partial charge in [-0.2, -0.15) is 4.31 Å². The highest BCUT2D eigenvalue weighted by atomic mass is 32.2.